The van der Waals surface area contributed by atoms with Crippen LogP contribution in [0, 0.1) is 5.92 Å². The molecular formula is C52H55N3OSi+2. The number of hydrogen-bond acceptors (Lipinski definition) is 1. The quantitative estimate of drug-likeness (QED) is 0.129. The Morgan fingerprint density at radius 2 is 1.40 bits per heavy atom. The first-order valence-corrected chi connectivity index (χ1v) is 24.4. The Kier molecular flexibility index (Phi) is 7.53. The first kappa shape index (κ1) is 36.1. The van der Waals surface area contributed by atoms with E-state index in [1.54, 1.807) is 0 Å². The second-order valence-electron chi connectivity index (χ2n) is 20.2. The zero-order valence-electron chi connectivity index (χ0n) is 35.5. The lowest BCUT2D eigenvalue weighted by Crippen LogP contribution is -2.72. The van der Waals surface area contributed by atoms with Gasteiger partial charge in [-0.3, -0.25) is 0 Å². The average Bonchev–Trinajstić information content (AvgIpc) is 3.86. The van der Waals surface area contributed by atoms with Crippen molar-refractivity contribution in [1.82, 2.24) is 4.57 Å². The predicted octanol–water partition coefficient (Wildman–Crippen LogP) is 11.7. The van der Waals surface area contributed by atoms with E-state index in [0.717, 1.165) is 45.4 Å². The molecule has 0 radical (unpaired) electrons. The van der Waals surface area contributed by atoms with E-state index in [1.807, 2.05) is 0 Å². The molecule has 10 rings (SSSR count). The minimum Gasteiger partial charge on any atom is -0.455 e. The number of nitrogens with zero attached hydrogens (tertiary/aromatic N) is 3. The van der Waals surface area contributed by atoms with E-state index < -0.39 is 13.7 Å². The van der Waals surface area contributed by atoms with Crippen molar-refractivity contribution in [2.24, 2.45) is 5.92 Å². The van der Waals surface area contributed by atoms with Crippen LogP contribution in [-0.4, -0.2) is 12.6 Å². The van der Waals surface area contributed by atoms with Gasteiger partial charge in [-0.05, 0) is 94.5 Å². The number of benzene rings is 5. The standard InChI is InChI=1S/C52H55N3OSi/c1-32(2)28-33-29-44-39-25-22-35(51(6,7)8)30-41(39)52(53(44)31-46(33)57(9,10)11)40-27-26-38-37-16-12-15-19-45(37)56-48(38)47(40)49-54(42-17-13-14-18-43(42)55(49)52)36-23-20-34(21-24-36)50(3,4)5/h12-27,29-32H,28H2,1-11H3/q+2. The third-order valence-electron chi connectivity index (χ3n) is 12.7. The van der Waals surface area contributed by atoms with Gasteiger partial charge in [-0.15, -0.1) is 9.13 Å². The summed E-state index contributed by atoms with van der Waals surface area (Å²) in [4.78, 5) is 0. The molecule has 0 amide bonds. The first-order chi connectivity index (χ1) is 27.0. The Balaban J connectivity index is 1.44. The summed E-state index contributed by atoms with van der Waals surface area (Å²) in [5.74, 6) is 1.70. The summed E-state index contributed by atoms with van der Waals surface area (Å²) >= 11 is 0. The third kappa shape index (κ3) is 5.03. The van der Waals surface area contributed by atoms with Crippen LogP contribution in [-0.2, 0) is 22.9 Å². The van der Waals surface area contributed by atoms with Gasteiger partial charge in [-0.1, -0.05) is 124 Å². The third-order valence-corrected chi connectivity index (χ3v) is 14.8. The predicted molar refractivity (Wildman–Crippen MR) is 239 cm³/mol. The van der Waals surface area contributed by atoms with Crippen molar-refractivity contribution in [1.29, 1.82) is 0 Å². The van der Waals surface area contributed by atoms with Crippen LogP contribution in [0.25, 0.3) is 61.3 Å². The molecule has 0 aliphatic carbocycles. The van der Waals surface area contributed by atoms with Crippen molar-refractivity contribution < 1.29 is 13.6 Å². The molecule has 2 aliphatic rings. The molecule has 5 aromatic carbocycles. The van der Waals surface area contributed by atoms with Gasteiger partial charge >= 0.3 is 11.5 Å². The largest absolute Gasteiger partial charge is 0.455 e. The fourth-order valence-electron chi connectivity index (χ4n) is 10.0. The molecule has 1 unspecified atom stereocenters. The van der Waals surface area contributed by atoms with Gasteiger partial charge in [-0.25, -0.2) is 0 Å². The molecule has 8 aromatic rings. The van der Waals surface area contributed by atoms with Crippen molar-refractivity contribution in [3.05, 3.63) is 143 Å². The van der Waals surface area contributed by atoms with Crippen LogP contribution in [0.5, 0.6) is 0 Å². The van der Waals surface area contributed by atoms with E-state index in [2.05, 4.69) is 204 Å². The van der Waals surface area contributed by atoms with Crippen LogP contribution in [0.2, 0.25) is 19.6 Å². The number of furan rings is 1. The molecule has 4 nitrogen and oxygen atoms in total. The molecule has 0 saturated heterocycles. The van der Waals surface area contributed by atoms with Gasteiger partial charge < -0.3 is 4.42 Å². The summed E-state index contributed by atoms with van der Waals surface area (Å²) in [5.41, 5.74) is 15.1. The van der Waals surface area contributed by atoms with E-state index >= 15 is 0 Å². The van der Waals surface area contributed by atoms with Crippen molar-refractivity contribution in [3.63, 3.8) is 0 Å². The summed E-state index contributed by atoms with van der Waals surface area (Å²) in [5, 5.41) is 3.83. The summed E-state index contributed by atoms with van der Waals surface area (Å²) in [6, 6.07) is 41.5. The van der Waals surface area contributed by atoms with Crippen molar-refractivity contribution >= 4 is 46.2 Å². The molecule has 286 valence electrons. The Labute approximate surface area is 338 Å². The lowest BCUT2D eigenvalue weighted by molar-refractivity contribution is -0.944. The lowest BCUT2D eigenvalue weighted by Gasteiger charge is -2.25. The fraction of sp³-hybridized carbons (Fsp3) is 0.308. The van der Waals surface area contributed by atoms with Gasteiger partial charge in [0.05, 0.1) is 24.8 Å². The lowest BCUT2D eigenvalue weighted by atomic mass is 9.82. The molecule has 3 aromatic heterocycles. The molecule has 0 N–H and O–H groups in total. The maximum absolute atomic E-state index is 7.07. The minimum absolute atomic E-state index is 0.0393. The van der Waals surface area contributed by atoms with E-state index in [9.17, 15) is 0 Å². The van der Waals surface area contributed by atoms with Crippen LogP contribution in [0.1, 0.15) is 83.2 Å². The Bertz CT molecular complexity index is 2960. The van der Waals surface area contributed by atoms with Gasteiger partial charge in [0.25, 0.3) is 0 Å². The maximum Gasteiger partial charge on any atom is 0.364 e. The summed E-state index contributed by atoms with van der Waals surface area (Å²) in [6.07, 6.45) is 3.66. The topological polar surface area (TPSA) is 25.8 Å². The van der Waals surface area contributed by atoms with Crippen molar-refractivity contribution in [2.75, 3.05) is 0 Å². The highest BCUT2D eigenvalue weighted by Gasteiger charge is 2.67. The van der Waals surface area contributed by atoms with Gasteiger partial charge in [0.15, 0.2) is 22.8 Å². The van der Waals surface area contributed by atoms with E-state index in [0.29, 0.717) is 5.92 Å². The van der Waals surface area contributed by atoms with Gasteiger partial charge in [0.2, 0.25) is 5.69 Å². The number of aromatic nitrogens is 3. The molecule has 0 saturated carbocycles. The minimum atomic E-state index is -1.82. The molecule has 57 heavy (non-hydrogen) atoms. The molecule has 5 heterocycles. The number of fused-ring (bicyclic) bond motifs is 16. The number of hydrogen-bond donors (Lipinski definition) is 0. The molecule has 0 fully saturated rings. The number of para-hydroxylation sites is 3. The monoisotopic (exact) mass is 765 g/mol. The zero-order valence-corrected chi connectivity index (χ0v) is 36.5. The second kappa shape index (κ2) is 11.9. The van der Waals surface area contributed by atoms with E-state index in [4.69, 9.17) is 4.42 Å². The highest BCUT2D eigenvalue weighted by atomic mass is 28.3. The van der Waals surface area contributed by atoms with Gasteiger partial charge in [0, 0.05) is 22.0 Å². The summed E-state index contributed by atoms with van der Waals surface area (Å²) < 4.78 is 15.0. The smallest absolute Gasteiger partial charge is 0.364 e. The van der Waals surface area contributed by atoms with Crippen LogP contribution in [0.4, 0.5) is 0 Å². The van der Waals surface area contributed by atoms with Gasteiger partial charge in [0.1, 0.15) is 16.8 Å². The van der Waals surface area contributed by atoms with E-state index in [1.165, 1.54) is 55.3 Å². The summed E-state index contributed by atoms with van der Waals surface area (Å²) in [7, 11) is -1.82. The average molecular weight is 766 g/mol. The fourth-order valence-corrected chi connectivity index (χ4v) is 11.7. The SMILES string of the molecule is CC(C)Cc1cc2[n+](cc1[Si](C)(C)C)C1(c3cc(C(C)(C)C)ccc3-2)c2ccc3c(oc4ccccc43)c2-c2n(-c3ccc(C(C)(C)C)cc3)c3ccccc3[n+]21. The highest BCUT2D eigenvalue weighted by Crippen LogP contribution is 2.53. The Hall–Kier alpha value is -5.26. The Morgan fingerprint density at radius 3 is 2.11 bits per heavy atom. The molecule has 2 aliphatic heterocycles. The van der Waals surface area contributed by atoms with Crippen LogP contribution in [0.15, 0.2) is 120 Å². The molecule has 1 atom stereocenters. The van der Waals surface area contributed by atoms with Gasteiger partial charge in [-0.2, -0.15) is 4.57 Å². The highest BCUT2D eigenvalue weighted by molar-refractivity contribution is 6.89. The number of imidazole rings is 1. The maximum atomic E-state index is 7.07. The normalized spacial score (nSPS) is 16.3. The Morgan fingerprint density at radius 1 is 0.719 bits per heavy atom. The van der Waals surface area contributed by atoms with Crippen LogP contribution < -0.4 is 14.3 Å². The van der Waals surface area contributed by atoms with Crippen LogP contribution in [0.3, 0.4) is 0 Å². The van der Waals surface area contributed by atoms with Crippen molar-refractivity contribution in [3.8, 4) is 28.3 Å². The molecular weight excluding hydrogens is 711 g/mol. The van der Waals surface area contributed by atoms with E-state index in [-0.39, 0.29) is 10.8 Å². The number of rotatable bonds is 4. The molecule has 5 heteroatoms. The van der Waals surface area contributed by atoms with Crippen LogP contribution >= 0.6 is 0 Å². The second-order valence-corrected chi connectivity index (χ2v) is 25.3. The molecule has 1 spiro atoms. The molecule has 0 bridgehead atoms. The summed E-state index contributed by atoms with van der Waals surface area (Å²) in [6.45, 7) is 26.1. The number of pyridine rings is 1. The zero-order chi connectivity index (χ0) is 40.0. The first-order valence-electron chi connectivity index (χ1n) is 20.9. The van der Waals surface area contributed by atoms with Crippen molar-refractivity contribution in [2.45, 2.75) is 97.9 Å².